The van der Waals surface area contributed by atoms with E-state index in [-0.39, 0.29) is 11.4 Å². The van der Waals surface area contributed by atoms with E-state index >= 15 is 0 Å². The molecule has 0 radical (unpaired) electrons. The number of hydrogen-bond acceptors (Lipinski definition) is 4. The van der Waals surface area contributed by atoms with Crippen LogP contribution < -0.4 is 5.32 Å². The third-order valence-electron chi connectivity index (χ3n) is 6.18. The van der Waals surface area contributed by atoms with Gasteiger partial charge in [-0.3, -0.25) is 9.47 Å². The molecule has 3 aromatic rings. The second-order valence-corrected chi connectivity index (χ2v) is 8.65. The van der Waals surface area contributed by atoms with Crippen LogP contribution in [0.2, 0.25) is 0 Å². The number of benzene rings is 1. The first-order valence-corrected chi connectivity index (χ1v) is 10.6. The summed E-state index contributed by atoms with van der Waals surface area (Å²) in [6.45, 7) is 6.05. The van der Waals surface area contributed by atoms with Crippen LogP contribution in [-0.2, 0) is 12.1 Å². The summed E-state index contributed by atoms with van der Waals surface area (Å²) in [7, 11) is 0. The number of hydrogen-bond donors (Lipinski definition) is 1. The molecule has 5 nitrogen and oxygen atoms in total. The lowest BCUT2D eigenvalue weighted by atomic mass is 9.82. The maximum atomic E-state index is 14.1. The van der Waals surface area contributed by atoms with Gasteiger partial charge in [0.1, 0.15) is 17.5 Å². The Bertz CT molecular complexity index is 1150. The second-order valence-electron chi connectivity index (χ2n) is 8.65. The summed E-state index contributed by atoms with van der Waals surface area (Å²) >= 11 is 0. The van der Waals surface area contributed by atoms with E-state index in [4.69, 9.17) is 4.98 Å². The van der Waals surface area contributed by atoms with Crippen LogP contribution in [0.1, 0.15) is 43.8 Å². The van der Waals surface area contributed by atoms with Gasteiger partial charge in [0.15, 0.2) is 5.82 Å². The zero-order valence-corrected chi connectivity index (χ0v) is 17.7. The molecule has 0 unspecified atom stereocenters. The maximum Gasteiger partial charge on any atom is 0.162 e. The predicted octanol–water partition coefficient (Wildman–Crippen LogP) is 4.89. The standard InChI is InChI=1S/C24H25F2N5/c1-16(2)12-22-28-14-21-24(29-20-4-3-9-27-23(20)31(21)22)7-10-30(11-8-24)15-17-13-18(25)5-6-19(17)26/h3-6,9,12-14,29H,7-8,10-11,15H2,1-2H3. The van der Waals surface area contributed by atoms with Crippen molar-refractivity contribution in [2.75, 3.05) is 18.4 Å². The molecule has 1 spiro atoms. The molecule has 0 atom stereocenters. The van der Waals surface area contributed by atoms with Crippen LogP contribution in [0.25, 0.3) is 11.9 Å². The first-order chi connectivity index (χ1) is 14.9. The molecule has 0 saturated carbocycles. The van der Waals surface area contributed by atoms with E-state index in [1.807, 2.05) is 18.3 Å². The smallest absolute Gasteiger partial charge is 0.162 e. The van der Waals surface area contributed by atoms with Crippen LogP contribution >= 0.6 is 0 Å². The van der Waals surface area contributed by atoms with Gasteiger partial charge in [0, 0.05) is 31.4 Å². The van der Waals surface area contributed by atoms with Gasteiger partial charge >= 0.3 is 0 Å². The van der Waals surface area contributed by atoms with Gasteiger partial charge in [-0.25, -0.2) is 18.7 Å². The normalized spacial score (nSPS) is 17.0. The number of halogens is 2. The number of aromatic nitrogens is 3. The molecular formula is C24H25F2N5. The van der Waals surface area contributed by atoms with Crippen molar-refractivity contribution in [3.8, 4) is 5.82 Å². The SMILES string of the molecule is CC(C)=Cc1ncc2n1-c1ncccc1NC21CCN(Cc2cc(F)ccc2F)CC1. The highest BCUT2D eigenvalue weighted by Gasteiger charge is 2.43. The van der Waals surface area contributed by atoms with E-state index in [1.54, 1.807) is 6.20 Å². The van der Waals surface area contributed by atoms with Crippen molar-refractivity contribution in [3.05, 3.63) is 77.0 Å². The van der Waals surface area contributed by atoms with Crippen LogP contribution in [0, 0.1) is 11.6 Å². The van der Waals surface area contributed by atoms with Gasteiger partial charge in [-0.1, -0.05) is 5.57 Å². The maximum absolute atomic E-state index is 14.1. The Morgan fingerprint density at radius 2 is 1.97 bits per heavy atom. The summed E-state index contributed by atoms with van der Waals surface area (Å²) in [5, 5.41) is 3.74. The van der Waals surface area contributed by atoms with Crippen LogP contribution in [0.3, 0.4) is 0 Å². The minimum absolute atomic E-state index is 0.270. The fourth-order valence-corrected chi connectivity index (χ4v) is 4.66. The lowest BCUT2D eigenvalue weighted by molar-refractivity contribution is 0.160. The first kappa shape index (κ1) is 19.9. The van der Waals surface area contributed by atoms with Crippen molar-refractivity contribution in [1.82, 2.24) is 19.4 Å². The molecule has 1 N–H and O–H groups in total. The summed E-state index contributed by atoms with van der Waals surface area (Å²) in [4.78, 5) is 11.5. The van der Waals surface area contributed by atoms with Crippen LogP contribution in [-0.4, -0.2) is 32.5 Å². The monoisotopic (exact) mass is 421 g/mol. The zero-order valence-electron chi connectivity index (χ0n) is 17.7. The topological polar surface area (TPSA) is 46.0 Å². The molecule has 2 aliphatic rings. The summed E-state index contributed by atoms with van der Waals surface area (Å²) in [6, 6.07) is 7.64. The molecule has 2 aliphatic heterocycles. The Hall–Kier alpha value is -3.06. The molecule has 1 saturated heterocycles. The number of pyridine rings is 1. The summed E-state index contributed by atoms with van der Waals surface area (Å²) in [5.41, 5.74) is 3.39. The first-order valence-electron chi connectivity index (χ1n) is 10.6. The van der Waals surface area contributed by atoms with Crippen LogP contribution in [0.15, 0.2) is 48.3 Å². The Morgan fingerprint density at radius 3 is 2.74 bits per heavy atom. The number of anilines is 1. The lowest BCUT2D eigenvalue weighted by Gasteiger charge is -2.45. The Morgan fingerprint density at radius 1 is 1.16 bits per heavy atom. The molecular weight excluding hydrogens is 396 g/mol. The van der Waals surface area contributed by atoms with Crippen molar-refractivity contribution in [2.24, 2.45) is 0 Å². The van der Waals surface area contributed by atoms with E-state index < -0.39 is 5.82 Å². The van der Waals surface area contributed by atoms with Gasteiger partial charge in [-0.2, -0.15) is 0 Å². The van der Waals surface area contributed by atoms with E-state index in [0.29, 0.717) is 12.1 Å². The number of nitrogens with zero attached hydrogens (tertiary/aromatic N) is 4. The molecule has 160 valence electrons. The van der Waals surface area contributed by atoms with Crippen molar-refractivity contribution < 1.29 is 8.78 Å². The lowest BCUT2D eigenvalue weighted by Crippen LogP contribution is -2.49. The van der Waals surface area contributed by atoms with E-state index in [2.05, 4.69) is 39.7 Å². The number of fused-ring (bicyclic) bond motifs is 4. The van der Waals surface area contributed by atoms with Crippen LogP contribution in [0.5, 0.6) is 0 Å². The fourth-order valence-electron chi connectivity index (χ4n) is 4.66. The molecule has 0 aliphatic carbocycles. The van der Waals surface area contributed by atoms with Gasteiger partial charge in [0.2, 0.25) is 0 Å². The molecule has 7 heteroatoms. The van der Waals surface area contributed by atoms with Gasteiger partial charge in [-0.05, 0) is 63.1 Å². The Kier molecular flexibility index (Phi) is 4.85. The van der Waals surface area contributed by atoms with Crippen LogP contribution in [0.4, 0.5) is 14.5 Å². The summed E-state index contributed by atoms with van der Waals surface area (Å²) < 4.78 is 29.8. The number of nitrogens with one attached hydrogen (secondary N) is 1. The van der Waals surface area contributed by atoms with Crippen molar-refractivity contribution in [1.29, 1.82) is 0 Å². The Balaban J connectivity index is 1.45. The number of allylic oxidation sites excluding steroid dienone is 1. The molecule has 0 amide bonds. The number of likely N-dealkylation sites (tertiary alicyclic amines) is 1. The van der Waals surface area contributed by atoms with Gasteiger partial charge in [0.05, 0.1) is 23.1 Å². The highest BCUT2D eigenvalue weighted by molar-refractivity contribution is 5.66. The summed E-state index contributed by atoms with van der Waals surface area (Å²) in [6.07, 6.45) is 7.48. The highest BCUT2D eigenvalue weighted by atomic mass is 19.1. The van der Waals surface area contributed by atoms with Crippen molar-refractivity contribution in [3.63, 3.8) is 0 Å². The molecule has 4 heterocycles. The molecule has 1 fully saturated rings. The molecule has 0 bridgehead atoms. The highest BCUT2D eigenvalue weighted by Crippen LogP contribution is 2.43. The molecule has 5 rings (SSSR count). The molecule has 31 heavy (non-hydrogen) atoms. The minimum atomic E-state index is -0.404. The minimum Gasteiger partial charge on any atom is -0.371 e. The van der Waals surface area contributed by atoms with E-state index in [0.717, 1.165) is 55.0 Å². The number of rotatable bonds is 3. The number of piperidine rings is 1. The third kappa shape index (κ3) is 3.53. The molecule has 2 aromatic heterocycles. The molecule has 1 aromatic carbocycles. The predicted molar refractivity (Wildman–Crippen MR) is 117 cm³/mol. The van der Waals surface area contributed by atoms with Crippen molar-refractivity contribution >= 4 is 11.8 Å². The van der Waals surface area contributed by atoms with Gasteiger partial charge in [-0.15, -0.1) is 0 Å². The van der Waals surface area contributed by atoms with Gasteiger partial charge in [0.25, 0.3) is 0 Å². The second kappa shape index (κ2) is 7.57. The van der Waals surface area contributed by atoms with Gasteiger partial charge < -0.3 is 5.32 Å². The average molecular weight is 421 g/mol. The Labute approximate surface area is 180 Å². The van der Waals surface area contributed by atoms with Crippen molar-refractivity contribution in [2.45, 2.75) is 38.8 Å². The largest absolute Gasteiger partial charge is 0.371 e. The zero-order chi connectivity index (χ0) is 21.6. The third-order valence-corrected chi connectivity index (χ3v) is 6.18. The summed E-state index contributed by atoms with van der Waals surface area (Å²) in [5.74, 6) is 0.970. The fraction of sp³-hybridized carbons (Fsp3) is 0.333. The quantitative estimate of drug-likeness (QED) is 0.654. The number of imidazole rings is 1. The van der Waals surface area contributed by atoms with E-state index in [9.17, 15) is 8.78 Å². The van der Waals surface area contributed by atoms with E-state index in [1.165, 1.54) is 17.7 Å². The average Bonchev–Trinajstić information content (AvgIpc) is 3.17.